The predicted molar refractivity (Wildman–Crippen MR) is 71.6 cm³/mol. The number of amides is 2. The summed E-state index contributed by atoms with van der Waals surface area (Å²) in [5.74, 6) is 0.111. The highest BCUT2D eigenvalue weighted by atomic mass is 16.5. The van der Waals surface area contributed by atoms with E-state index in [-0.39, 0.29) is 17.9 Å². The second kappa shape index (κ2) is 5.90. The molecule has 1 unspecified atom stereocenters. The van der Waals surface area contributed by atoms with E-state index in [0.29, 0.717) is 19.6 Å². The smallest absolute Gasteiger partial charge is 0.246 e. The second-order valence-corrected chi connectivity index (χ2v) is 5.54. The largest absolute Gasteiger partial charge is 0.383 e. The van der Waals surface area contributed by atoms with Gasteiger partial charge in [0, 0.05) is 13.7 Å². The highest BCUT2D eigenvalue weighted by molar-refractivity contribution is 6.00. The van der Waals surface area contributed by atoms with E-state index in [1.165, 1.54) is 0 Å². The fourth-order valence-corrected chi connectivity index (χ4v) is 3.32. The van der Waals surface area contributed by atoms with Crippen LogP contribution in [0.25, 0.3) is 0 Å². The number of nitrogens with zero attached hydrogens (tertiary/aromatic N) is 1. The Morgan fingerprint density at radius 3 is 2.63 bits per heavy atom. The fourth-order valence-electron chi connectivity index (χ4n) is 3.32. The molecule has 1 aliphatic heterocycles. The van der Waals surface area contributed by atoms with Crippen LogP contribution in [0.3, 0.4) is 0 Å². The Labute approximate surface area is 114 Å². The van der Waals surface area contributed by atoms with Gasteiger partial charge in [0.15, 0.2) is 0 Å². The summed E-state index contributed by atoms with van der Waals surface area (Å²) in [5.41, 5.74) is -0.597. The van der Waals surface area contributed by atoms with Gasteiger partial charge in [0.1, 0.15) is 11.6 Å². The predicted octanol–water partition coefficient (Wildman–Crippen LogP) is 1.07. The highest BCUT2D eigenvalue weighted by Crippen LogP contribution is 2.38. The molecule has 5 nitrogen and oxygen atoms in total. The minimum Gasteiger partial charge on any atom is -0.383 e. The number of ether oxygens (including phenoxy) is 1. The zero-order valence-electron chi connectivity index (χ0n) is 11.9. The van der Waals surface area contributed by atoms with Crippen molar-refractivity contribution in [3.8, 4) is 0 Å². The van der Waals surface area contributed by atoms with E-state index in [4.69, 9.17) is 4.74 Å². The third kappa shape index (κ3) is 2.48. The summed E-state index contributed by atoms with van der Waals surface area (Å²) in [6.45, 7) is 3.03. The summed E-state index contributed by atoms with van der Waals surface area (Å²) in [5, 5.41) is 2.94. The average molecular weight is 268 g/mol. The lowest BCUT2D eigenvalue weighted by Crippen LogP contribution is -2.70. The number of carbonyl (C=O) groups excluding carboxylic acids is 2. The van der Waals surface area contributed by atoms with Crippen LogP contribution >= 0.6 is 0 Å². The number of methoxy groups -OCH3 is 1. The quantitative estimate of drug-likeness (QED) is 0.811. The zero-order valence-corrected chi connectivity index (χ0v) is 11.9. The van der Waals surface area contributed by atoms with Crippen LogP contribution in [-0.2, 0) is 14.3 Å². The molecule has 1 heterocycles. The average Bonchev–Trinajstić information content (AvgIpc) is 2.87. The molecule has 1 spiro atoms. The van der Waals surface area contributed by atoms with Gasteiger partial charge in [-0.25, -0.2) is 0 Å². The van der Waals surface area contributed by atoms with Gasteiger partial charge in [0.05, 0.1) is 6.61 Å². The third-order valence-electron chi connectivity index (χ3n) is 4.34. The molecule has 1 N–H and O–H groups in total. The van der Waals surface area contributed by atoms with Crippen molar-refractivity contribution in [3.63, 3.8) is 0 Å². The van der Waals surface area contributed by atoms with Crippen molar-refractivity contribution in [2.24, 2.45) is 0 Å². The molecule has 0 aromatic heterocycles. The Kier molecular flexibility index (Phi) is 4.45. The topological polar surface area (TPSA) is 58.6 Å². The van der Waals surface area contributed by atoms with E-state index in [9.17, 15) is 9.59 Å². The van der Waals surface area contributed by atoms with E-state index in [1.54, 1.807) is 12.0 Å². The molecule has 1 saturated carbocycles. The summed E-state index contributed by atoms with van der Waals surface area (Å²) < 4.78 is 5.10. The number of nitrogens with one attached hydrogen (secondary N) is 1. The minimum absolute atomic E-state index is 0.0409. The molecule has 2 rings (SSSR count). The van der Waals surface area contributed by atoms with Crippen molar-refractivity contribution in [2.45, 2.75) is 57.0 Å². The molecule has 2 amide bonds. The van der Waals surface area contributed by atoms with Crippen molar-refractivity contribution >= 4 is 11.8 Å². The Morgan fingerprint density at radius 2 is 2.05 bits per heavy atom. The van der Waals surface area contributed by atoms with Gasteiger partial charge < -0.3 is 15.0 Å². The summed E-state index contributed by atoms with van der Waals surface area (Å²) in [6, 6.07) is -0.347. The van der Waals surface area contributed by atoms with Crippen LogP contribution in [0.5, 0.6) is 0 Å². The Hall–Kier alpha value is -1.10. The van der Waals surface area contributed by atoms with Gasteiger partial charge >= 0.3 is 0 Å². The molecule has 0 radical (unpaired) electrons. The molecule has 1 saturated heterocycles. The van der Waals surface area contributed by atoms with Crippen molar-refractivity contribution < 1.29 is 14.3 Å². The third-order valence-corrected chi connectivity index (χ3v) is 4.34. The Balaban J connectivity index is 2.22. The lowest BCUT2D eigenvalue weighted by molar-refractivity contribution is -0.158. The molecular weight excluding hydrogens is 244 g/mol. The molecule has 108 valence electrons. The molecule has 0 bridgehead atoms. The van der Waals surface area contributed by atoms with Crippen LogP contribution in [0.15, 0.2) is 0 Å². The SMILES string of the molecule is CCCC1NC(=O)C2(CCCC2)N(CCOC)C1=O. The van der Waals surface area contributed by atoms with Crippen molar-refractivity contribution in [3.05, 3.63) is 0 Å². The maximum Gasteiger partial charge on any atom is 0.246 e. The maximum absolute atomic E-state index is 12.6. The number of rotatable bonds is 5. The molecule has 1 aliphatic carbocycles. The Bertz CT molecular complexity index is 351. The van der Waals surface area contributed by atoms with Gasteiger partial charge in [0.25, 0.3) is 0 Å². The van der Waals surface area contributed by atoms with Crippen LogP contribution < -0.4 is 5.32 Å². The van der Waals surface area contributed by atoms with Crippen molar-refractivity contribution in [1.29, 1.82) is 0 Å². The number of hydrogen-bond acceptors (Lipinski definition) is 3. The van der Waals surface area contributed by atoms with E-state index < -0.39 is 5.54 Å². The first-order valence-electron chi connectivity index (χ1n) is 7.27. The van der Waals surface area contributed by atoms with Gasteiger partial charge in [-0.1, -0.05) is 26.2 Å². The maximum atomic E-state index is 12.6. The molecule has 0 aromatic rings. The monoisotopic (exact) mass is 268 g/mol. The fraction of sp³-hybridized carbons (Fsp3) is 0.857. The first kappa shape index (κ1) is 14.3. The normalized spacial score (nSPS) is 26.0. The van der Waals surface area contributed by atoms with Crippen LogP contribution in [0, 0.1) is 0 Å². The first-order valence-corrected chi connectivity index (χ1v) is 7.27. The van der Waals surface area contributed by atoms with E-state index in [0.717, 1.165) is 32.1 Å². The van der Waals surface area contributed by atoms with Crippen molar-refractivity contribution in [2.75, 3.05) is 20.3 Å². The molecule has 19 heavy (non-hydrogen) atoms. The van der Waals surface area contributed by atoms with E-state index >= 15 is 0 Å². The molecule has 5 heteroatoms. The summed E-state index contributed by atoms with van der Waals surface area (Å²) in [7, 11) is 1.62. The molecule has 2 fully saturated rings. The summed E-state index contributed by atoms with van der Waals surface area (Å²) in [4.78, 5) is 26.9. The van der Waals surface area contributed by atoms with Gasteiger partial charge in [-0.05, 0) is 19.3 Å². The summed E-state index contributed by atoms with van der Waals surface area (Å²) in [6.07, 6.45) is 5.21. The Morgan fingerprint density at radius 1 is 1.37 bits per heavy atom. The van der Waals surface area contributed by atoms with Crippen LogP contribution in [-0.4, -0.2) is 48.6 Å². The number of hydrogen-bond donors (Lipinski definition) is 1. The van der Waals surface area contributed by atoms with Gasteiger partial charge in [-0.2, -0.15) is 0 Å². The number of carbonyl (C=O) groups is 2. The lowest BCUT2D eigenvalue weighted by atomic mass is 9.88. The number of piperazine rings is 1. The standard InChI is InChI=1S/C14H24N2O3/c1-3-6-11-12(17)16(9-10-19-2)14(13(18)15-11)7-4-5-8-14/h11H,3-10H2,1-2H3,(H,15,18). The van der Waals surface area contributed by atoms with E-state index in [2.05, 4.69) is 5.32 Å². The van der Waals surface area contributed by atoms with Gasteiger partial charge in [-0.15, -0.1) is 0 Å². The summed E-state index contributed by atoms with van der Waals surface area (Å²) >= 11 is 0. The lowest BCUT2D eigenvalue weighted by Gasteiger charge is -2.46. The van der Waals surface area contributed by atoms with E-state index in [1.807, 2.05) is 6.92 Å². The molecule has 0 aromatic carbocycles. The molecule has 1 atom stereocenters. The van der Waals surface area contributed by atoms with Crippen LogP contribution in [0.4, 0.5) is 0 Å². The van der Waals surface area contributed by atoms with Crippen LogP contribution in [0.1, 0.15) is 45.4 Å². The molecule has 2 aliphatic rings. The minimum atomic E-state index is -0.597. The van der Waals surface area contributed by atoms with Gasteiger partial charge in [-0.3, -0.25) is 9.59 Å². The van der Waals surface area contributed by atoms with Gasteiger partial charge in [0.2, 0.25) is 11.8 Å². The zero-order chi connectivity index (χ0) is 13.9. The second-order valence-electron chi connectivity index (χ2n) is 5.54. The first-order chi connectivity index (χ1) is 9.15. The van der Waals surface area contributed by atoms with Crippen molar-refractivity contribution in [1.82, 2.24) is 10.2 Å². The molecular formula is C14H24N2O3. The highest BCUT2D eigenvalue weighted by Gasteiger charge is 2.53. The van der Waals surface area contributed by atoms with Crippen LogP contribution in [0.2, 0.25) is 0 Å².